The molecule has 0 radical (unpaired) electrons. The lowest BCUT2D eigenvalue weighted by Crippen LogP contribution is -2.46. The van der Waals surface area contributed by atoms with Crippen LogP contribution in [0.25, 0.3) is 0 Å². The summed E-state index contributed by atoms with van der Waals surface area (Å²) in [4.78, 5) is 18.9. The molecule has 23 heavy (non-hydrogen) atoms. The number of nitrogens with zero attached hydrogens (tertiary/aromatic N) is 3. The highest BCUT2D eigenvalue weighted by Crippen LogP contribution is 2.19. The topological polar surface area (TPSA) is 26.8 Å². The molecule has 0 unspecified atom stereocenters. The van der Waals surface area contributed by atoms with Crippen molar-refractivity contribution in [3.05, 3.63) is 29.3 Å². The second-order valence-corrected chi connectivity index (χ2v) is 6.93. The number of rotatable bonds is 5. The summed E-state index contributed by atoms with van der Waals surface area (Å²) in [7, 11) is 0. The number of likely N-dealkylation sites (tertiary alicyclic amines) is 1. The lowest BCUT2D eigenvalue weighted by molar-refractivity contribution is -0.130. The van der Waals surface area contributed by atoms with Crippen molar-refractivity contribution in [2.75, 3.05) is 50.7 Å². The van der Waals surface area contributed by atoms with Gasteiger partial charge in [0.1, 0.15) is 0 Å². The number of hydrogen-bond acceptors (Lipinski definition) is 3. The molecule has 2 aliphatic heterocycles. The quantitative estimate of drug-likeness (QED) is 0.828. The first-order valence-electron chi connectivity index (χ1n) is 8.73. The highest BCUT2D eigenvalue weighted by Gasteiger charge is 2.19. The first-order chi connectivity index (χ1) is 11.2. The van der Waals surface area contributed by atoms with Gasteiger partial charge in [-0.05, 0) is 50.1 Å². The van der Waals surface area contributed by atoms with Crippen LogP contribution in [0.5, 0.6) is 0 Å². The lowest BCUT2D eigenvalue weighted by atomic mass is 10.2. The highest BCUT2D eigenvalue weighted by molar-refractivity contribution is 6.30. The molecule has 1 aromatic rings. The van der Waals surface area contributed by atoms with Crippen LogP contribution in [-0.4, -0.2) is 61.5 Å². The third kappa shape index (κ3) is 4.61. The van der Waals surface area contributed by atoms with Crippen LogP contribution < -0.4 is 4.90 Å². The first kappa shape index (κ1) is 16.6. The van der Waals surface area contributed by atoms with E-state index in [-0.39, 0.29) is 0 Å². The van der Waals surface area contributed by atoms with Gasteiger partial charge in [0.2, 0.25) is 5.91 Å². The molecule has 4 nitrogen and oxygen atoms in total. The Morgan fingerprint density at radius 2 is 1.61 bits per heavy atom. The molecule has 5 heteroatoms. The standard InChI is InChI=1S/C18H26ClN3O/c19-16-5-7-17(8-6-16)21-14-12-20(13-15-21)9-3-4-18(23)22-10-1-2-11-22/h5-8H,1-4,9-15H2. The summed E-state index contributed by atoms with van der Waals surface area (Å²) in [6.45, 7) is 7.20. The zero-order chi connectivity index (χ0) is 16.1. The number of benzene rings is 1. The van der Waals surface area contributed by atoms with E-state index >= 15 is 0 Å². The van der Waals surface area contributed by atoms with Crippen LogP contribution in [0.4, 0.5) is 5.69 Å². The fourth-order valence-corrected chi connectivity index (χ4v) is 3.59. The Bertz CT molecular complexity index is 506. The van der Waals surface area contributed by atoms with Crippen LogP contribution in [0.3, 0.4) is 0 Å². The number of hydrogen-bond donors (Lipinski definition) is 0. The predicted octanol–water partition coefficient (Wildman–Crippen LogP) is 2.86. The van der Waals surface area contributed by atoms with Crippen LogP contribution in [0, 0.1) is 0 Å². The Kier molecular flexibility index (Phi) is 5.79. The molecule has 126 valence electrons. The SMILES string of the molecule is O=C(CCCN1CCN(c2ccc(Cl)cc2)CC1)N1CCCC1. The van der Waals surface area contributed by atoms with Crippen LogP contribution >= 0.6 is 11.6 Å². The molecule has 0 N–H and O–H groups in total. The van der Waals surface area contributed by atoms with Gasteiger partial charge < -0.3 is 9.80 Å². The van der Waals surface area contributed by atoms with E-state index in [0.29, 0.717) is 12.3 Å². The largest absolute Gasteiger partial charge is 0.369 e. The van der Waals surface area contributed by atoms with Crippen molar-refractivity contribution in [1.82, 2.24) is 9.80 Å². The molecule has 2 aliphatic rings. The maximum atomic E-state index is 12.0. The maximum Gasteiger partial charge on any atom is 0.222 e. The predicted molar refractivity (Wildman–Crippen MR) is 95.2 cm³/mol. The van der Waals surface area contributed by atoms with Gasteiger partial charge >= 0.3 is 0 Å². The molecular weight excluding hydrogens is 310 g/mol. The van der Waals surface area contributed by atoms with Crippen molar-refractivity contribution in [3.8, 4) is 0 Å². The molecule has 1 amide bonds. The van der Waals surface area contributed by atoms with Gasteiger partial charge in [0, 0.05) is 56.4 Å². The minimum Gasteiger partial charge on any atom is -0.369 e. The second-order valence-electron chi connectivity index (χ2n) is 6.50. The molecule has 2 heterocycles. The summed E-state index contributed by atoms with van der Waals surface area (Å²) < 4.78 is 0. The molecule has 0 aliphatic carbocycles. The highest BCUT2D eigenvalue weighted by atomic mass is 35.5. The number of piperazine rings is 1. The van der Waals surface area contributed by atoms with Crippen LogP contribution in [-0.2, 0) is 4.79 Å². The van der Waals surface area contributed by atoms with Crippen LogP contribution in [0.1, 0.15) is 25.7 Å². The van der Waals surface area contributed by atoms with Gasteiger partial charge in [-0.1, -0.05) is 11.6 Å². The molecule has 1 aromatic carbocycles. The van der Waals surface area contributed by atoms with Crippen LogP contribution in [0.15, 0.2) is 24.3 Å². The van der Waals surface area contributed by atoms with Crippen molar-refractivity contribution < 1.29 is 4.79 Å². The number of anilines is 1. The Hall–Kier alpha value is -1.26. The molecule has 3 rings (SSSR count). The Morgan fingerprint density at radius 3 is 2.26 bits per heavy atom. The third-order valence-corrected chi connectivity index (χ3v) is 5.14. The molecule has 0 bridgehead atoms. The van der Waals surface area contributed by atoms with Crippen molar-refractivity contribution in [3.63, 3.8) is 0 Å². The summed E-state index contributed by atoms with van der Waals surface area (Å²) in [6, 6.07) is 8.08. The Labute approximate surface area is 144 Å². The number of halogens is 1. The van der Waals surface area contributed by atoms with E-state index in [4.69, 9.17) is 11.6 Å². The summed E-state index contributed by atoms with van der Waals surface area (Å²) in [6.07, 6.45) is 4.05. The fourth-order valence-electron chi connectivity index (χ4n) is 3.46. The number of carbonyl (C=O) groups is 1. The molecule has 2 saturated heterocycles. The average Bonchev–Trinajstić information content (AvgIpc) is 3.11. The summed E-state index contributed by atoms with van der Waals surface area (Å²) in [5.41, 5.74) is 1.25. The fraction of sp³-hybridized carbons (Fsp3) is 0.611. The van der Waals surface area contributed by atoms with Crippen molar-refractivity contribution in [2.45, 2.75) is 25.7 Å². The van der Waals surface area contributed by atoms with E-state index in [1.54, 1.807) is 0 Å². The molecule has 2 fully saturated rings. The van der Waals surface area contributed by atoms with Crippen molar-refractivity contribution >= 4 is 23.2 Å². The lowest BCUT2D eigenvalue weighted by Gasteiger charge is -2.36. The average molecular weight is 336 g/mol. The van der Waals surface area contributed by atoms with E-state index in [0.717, 1.165) is 57.3 Å². The molecular formula is C18H26ClN3O. The van der Waals surface area contributed by atoms with Gasteiger partial charge in [0.25, 0.3) is 0 Å². The normalized spacial score (nSPS) is 19.3. The first-order valence-corrected chi connectivity index (χ1v) is 9.11. The van der Waals surface area contributed by atoms with Gasteiger partial charge in [-0.25, -0.2) is 0 Å². The van der Waals surface area contributed by atoms with Crippen molar-refractivity contribution in [2.24, 2.45) is 0 Å². The van der Waals surface area contributed by atoms with Gasteiger partial charge in [-0.2, -0.15) is 0 Å². The van der Waals surface area contributed by atoms with E-state index in [1.807, 2.05) is 17.0 Å². The summed E-state index contributed by atoms with van der Waals surface area (Å²) in [5.74, 6) is 0.349. The molecule has 0 saturated carbocycles. The van der Waals surface area contributed by atoms with Gasteiger partial charge in [0.05, 0.1) is 0 Å². The maximum absolute atomic E-state index is 12.0. The number of carbonyl (C=O) groups excluding carboxylic acids is 1. The van der Waals surface area contributed by atoms with Gasteiger partial charge in [-0.3, -0.25) is 9.69 Å². The van der Waals surface area contributed by atoms with E-state index in [9.17, 15) is 4.79 Å². The van der Waals surface area contributed by atoms with Crippen molar-refractivity contribution in [1.29, 1.82) is 0 Å². The monoisotopic (exact) mass is 335 g/mol. The van der Waals surface area contributed by atoms with E-state index in [1.165, 1.54) is 18.5 Å². The van der Waals surface area contributed by atoms with Gasteiger partial charge in [-0.15, -0.1) is 0 Å². The zero-order valence-electron chi connectivity index (χ0n) is 13.7. The second kappa shape index (κ2) is 8.02. The molecule has 0 aromatic heterocycles. The summed E-state index contributed by atoms with van der Waals surface area (Å²) >= 11 is 5.95. The minimum absolute atomic E-state index is 0.349. The smallest absolute Gasteiger partial charge is 0.222 e. The summed E-state index contributed by atoms with van der Waals surface area (Å²) in [5, 5.41) is 0.787. The Morgan fingerprint density at radius 1 is 0.957 bits per heavy atom. The van der Waals surface area contributed by atoms with E-state index in [2.05, 4.69) is 21.9 Å². The minimum atomic E-state index is 0.349. The van der Waals surface area contributed by atoms with E-state index < -0.39 is 0 Å². The number of amides is 1. The zero-order valence-corrected chi connectivity index (χ0v) is 14.5. The van der Waals surface area contributed by atoms with Crippen LogP contribution in [0.2, 0.25) is 5.02 Å². The Balaban J connectivity index is 1.36. The molecule has 0 spiro atoms. The van der Waals surface area contributed by atoms with Gasteiger partial charge in [0.15, 0.2) is 0 Å². The molecule has 0 atom stereocenters. The third-order valence-electron chi connectivity index (χ3n) is 4.89.